The van der Waals surface area contributed by atoms with Gasteiger partial charge in [-0.15, -0.1) is 0 Å². The monoisotopic (exact) mass is 503 g/mol. The van der Waals surface area contributed by atoms with Crippen LogP contribution in [0.5, 0.6) is 0 Å². The van der Waals surface area contributed by atoms with Crippen LogP contribution in [0.1, 0.15) is 39.2 Å². The average molecular weight is 504 g/mol. The maximum absolute atomic E-state index is 13.2. The van der Waals surface area contributed by atoms with Crippen molar-refractivity contribution in [2.75, 3.05) is 0 Å². The summed E-state index contributed by atoms with van der Waals surface area (Å²) in [6, 6.07) is 2.57. The zero-order valence-corrected chi connectivity index (χ0v) is 20.4. The van der Waals surface area contributed by atoms with E-state index >= 15 is 0 Å². The fourth-order valence-corrected chi connectivity index (χ4v) is 3.63. The van der Waals surface area contributed by atoms with Gasteiger partial charge in [-0.3, -0.25) is 19.2 Å². The maximum Gasteiger partial charge on any atom is 0.326 e. The molecular weight excluding hydrogens is 470 g/mol. The highest BCUT2D eigenvalue weighted by molar-refractivity contribution is 5.95. The van der Waals surface area contributed by atoms with E-state index in [1.165, 1.54) is 6.92 Å². The number of aromatic amines is 1. The number of amides is 3. The molecular formula is C24H33N5O7. The van der Waals surface area contributed by atoms with Crippen LogP contribution in [0, 0.1) is 5.92 Å². The summed E-state index contributed by atoms with van der Waals surface area (Å²) in [5.41, 5.74) is 7.09. The SMILES string of the molecule is CCC(C)C(NC(=O)C(Cc1c[nH]c2ccccc12)NC(=O)C(C)NC(=O)C(N)CC(=O)O)C(=O)O. The van der Waals surface area contributed by atoms with Gasteiger partial charge in [0.2, 0.25) is 17.7 Å². The standard InChI is InChI=1S/C24H33N5O7/c1-4-12(2)20(24(35)36)29-23(34)18(9-14-11-26-17-8-6-5-7-15(14)17)28-21(32)13(3)27-22(33)16(25)10-19(30)31/h5-8,11-13,16,18,20,26H,4,9-10,25H2,1-3H3,(H,27,33)(H,28,32)(H,29,34)(H,30,31)(H,35,36). The van der Waals surface area contributed by atoms with Crippen LogP contribution in [0.2, 0.25) is 0 Å². The van der Waals surface area contributed by atoms with Gasteiger partial charge in [0.1, 0.15) is 18.1 Å². The molecule has 5 unspecified atom stereocenters. The van der Waals surface area contributed by atoms with E-state index in [0.29, 0.717) is 6.42 Å². The first-order valence-electron chi connectivity index (χ1n) is 11.6. The average Bonchev–Trinajstić information content (AvgIpc) is 3.23. The van der Waals surface area contributed by atoms with Crippen LogP contribution < -0.4 is 21.7 Å². The van der Waals surface area contributed by atoms with Crippen molar-refractivity contribution in [2.24, 2.45) is 11.7 Å². The van der Waals surface area contributed by atoms with Crippen LogP contribution in [-0.4, -0.2) is 69.0 Å². The molecule has 0 aliphatic carbocycles. The van der Waals surface area contributed by atoms with Gasteiger partial charge in [-0.25, -0.2) is 4.79 Å². The lowest BCUT2D eigenvalue weighted by molar-refractivity contribution is -0.143. The van der Waals surface area contributed by atoms with E-state index in [2.05, 4.69) is 20.9 Å². The summed E-state index contributed by atoms with van der Waals surface area (Å²) in [4.78, 5) is 63.7. The first-order valence-corrected chi connectivity index (χ1v) is 11.6. The summed E-state index contributed by atoms with van der Waals surface area (Å²) in [5, 5.41) is 26.6. The lowest BCUT2D eigenvalue weighted by atomic mass is 9.98. The molecule has 0 spiro atoms. The molecule has 2 rings (SSSR count). The minimum Gasteiger partial charge on any atom is -0.481 e. The minimum absolute atomic E-state index is 0.0492. The molecule has 0 aliphatic heterocycles. The van der Waals surface area contributed by atoms with Crippen LogP contribution in [0.4, 0.5) is 0 Å². The molecule has 0 aliphatic rings. The van der Waals surface area contributed by atoms with Crippen LogP contribution in [-0.2, 0) is 30.4 Å². The Morgan fingerprint density at radius 2 is 1.64 bits per heavy atom. The molecule has 12 heteroatoms. The van der Waals surface area contributed by atoms with Gasteiger partial charge in [0.05, 0.1) is 12.5 Å². The second-order valence-corrected chi connectivity index (χ2v) is 8.77. The third-order valence-corrected chi connectivity index (χ3v) is 5.99. The number of hydrogen-bond acceptors (Lipinski definition) is 6. The molecule has 0 saturated carbocycles. The third kappa shape index (κ3) is 7.54. The second kappa shape index (κ2) is 12.7. The first kappa shape index (κ1) is 28.3. The Morgan fingerprint density at radius 3 is 2.25 bits per heavy atom. The molecule has 1 aromatic heterocycles. The lowest BCUT2D eigenvalue weighted by Crippen LogP contribution is -2.57. The van der Waals surface area contributed by atoms with E-state index < -0.39 is 60.2 Å². The molecule has 8 N–H and O–H groups in total. The molecule has 12 nitrogen and oxygen atoms in total. The smallest absolute Gasteiger partial charge is 0.326 e. The highest BCUT2D eigenvalue weighted by Crippen LogP contribution is 2.19. The third-order valence-electron chi connectivity index (χ3n) is 5.99. The van der Waals surface area contributed by atoms with Gasteiger partial charge >= 0.3 is 11.9 Å². The van der Waals surface area contributed by atoms with Crippen LogP contribution >= 0.6 is 0 Å². The Balaban J connectivity index is 2.23. The molecule has 1 aromatic carbocycles. The number of para-hydroxylation sites is 1. The zero-order valence-electron chi connectivity index (χ0n) is 20.4. The number of carbonyl (C=O) groups excluding carboxylic acids is 3. The van der Waals surface area contributed by atoms with Crippen LogP contribution in [0.25, 0.3) is 10.9 Å². The van der Waals surface area contributed by atoms with Gasteiger partial charge in [0.15, 0.2) is 0 Å². The summed E-state index contributed by atoms with van der Waals surface area (Å²) in [7, 11) is 0. The number of aliphatic carboxylic acids is 2. The highest BCUT2D eigenvalue weighted by atomic mass is 16.4. The van der Waals surface area contributed by atoms with Crippen molar-refractivity contribution >= 4 is 40.6 Å². The Morgan fingerprint density at radius 1 is 0.972 bits per heavy atom. The van der Waals surface area contributed by atoms with E-state index in [1.807, 2.05) is 24.3 Å². The summed E-state index contributed by atoms with van der Waals surface area (Å²) in [5.74, 6) is -5.06. The summed E-state index contributed by atoms with van der Waals surface area (Å²) >= 11 is 0. The molecule has 5 atom stereocenters. The van der Waals surface area contributed by atoms with Gasteiger partial charge in [0, 0.05) is 23.5 Å². The van der Waals surface area contributed by atoms with Crippen molar-refractivity contribution in [1.29, 1.82) is 0 Å². The summed E-state index contributed by atoms with van der Waals surface area (Å²) in [6.07, 6.45) is 1.65. The predicted molar refractivity (Wildman–Crippen MR) is 131 cm³/mol. The first-order chi connectivity index (χ1) is 16.9. The van der Waals surface area contributed by atoms with Crippen LogP contribution in [0.15, 0.2) is 30.5 Å². The maximum atomic E-state index is 13.2. The molecule has 0 radical (unpaired) electrons. The number of hydrogen-bond donors (Lipinski definition) is 7. The predicted octanol–water partition coefficient (Wildman–Crippen LogP) is 0.117. The molecule has 0 fully saturated rings. The van der Waals surface area contributed by atoms with E-state index in [1.54, 1.807) is 20.0 Å². The minimum atomic E-state index is -1.35. The molecule has 0 bridgehead atoms. The Kier molecular flexibility index (Phi) is 9.97. The fourth-order valence-electron chi connectivity index (χ4n) is 3.63. The number of benzene rings is 1. The van der Waals surface area contributed by atoms with Crippen molar-refractivity contribution in [1.82, 2.24) is 20.9 Å². The van der Waals surface area contributed by atoms with Crippen molar-refractivity contribution in [2.45, 2.75) is 64.2 Å². The molecule has 36 heavy (non-hydrogen) atoms. The molecule has 196 valence electrons. The van der Waals surface area contributed by atoms with Crippen molar-refractivity contribution in [3.05, 3.63) is 36.0 Å². The Bertz CT molecular complexity index is 1120. The van der Waals surface area contributed by atoms with Crippen molar-refractivity contribution in [3.63, 3.8) is 0 Å². The molecule has 2 aromatic rings. The lowest BCUT2D eigenvalue weighted by Gasteiger charge is -2.25. The molecule has 1 heterocycles. The Hall–Kier alpha value is -3.93. The fraction of sp³-hybridized carbons (Fsp3) is 0.458. The number of rotatable bonds is 13. The number of carbonyl (C=O) groups is 5. The number of H-pyrrole nitrogens is 1. The molecule has 3 amide bonds. The van der Waals surface area contributed by atoms with Gasteiger partial charge in [-0.05, 0) is 24.5 Å². The van der Waals surface area contributed by atoms with Gasteiger partial charge in [-0.2, -0.15) is 0 Å². The highest BCUT2D eigenvalue weighted by Gasteiger charge is 2.31. The van der Waals surface area contributed by atoms with Gasteiger partial charge < -0.3 is 36.9 Å². The van der Waals surface area contributed by atoms with Gasteiger partial charge in [0.25, 0.3) is 0 Å². The number of carboxylic acids is 2. The van der Waals surface area contributed by atoms with E-state index in [4.69, 9.17) is 10.8 Å². The number of carboxylic acid groups (broad SMARTS) is 2. The number of nitrogens with two attached hydrogens (primary N) is 1. The van der Waals surface area contributed by atoms with E-state index in [9.17, 15) is 29.1 Å². The Labute approximate surface area is 208 Å². The van der Waals surface area contributed by atoms with Crippen molar-refractivity contribution < 1.29 is 34.2 Å². The second-order valence-electron chi connectivity index (χ2n) is 8.77. The number of aromatic nitrogens is 1. The summed E-state index contributed by atoms with van der Waals surface area (Å²) in [6.45, 7) is 4.86. The summed E-state index contributed by atoms with van der Waals surface area (Å²) < 4.78 is 0. The number of fused-ring (bicyclic) bond motifs is 1. The molecule has 0 saturated heterocycles. The quantitative estimate of drug-likeness (QED) is 0.199. The number of nitrogens with one attached hydrogen (secondary N) is 4. The zero-order chi connectivity index (χ0) is 27.0. The largest absolute Gasteiger partial charge is 0.481 e. The van der Waals surface area contributed by atoms with Crippen molar-refractivity contribution in [3.8, 4) is 0 Å². The van der Waals surface area contributed by atoms with Crippen LogP contribution in [0.3, 0.4) is 0 Å². The van der Waals surface area contributed by atoms with Gasteiger partial charge in [-0.1, -0.05) is 38.5 Å². The van der Waals surface area contributed by atoms with E-state index in [0.717, 1.165) is 16.5 Å². The normalized spacial score (nSPS) is 15.2. The topological polar surface area (TPSA) is 204 Å². The van der Waals surface area contributed by atoms with E-state index in [-0.39, 0.29) is 12.3 Å².